The third kappa shape index (κ3) is 3.21. The van der Waals surface area contributed by atoms with Crippen molar-refractivity contribution in [3.05, 3.63) is 82.5 Å². The van der Waals surface area contributed by atoms with E-state index >= 15 is 0 Å². The summed E-state index contributed by atoms with van der Waals surface area (Å²) in [6.07, 6.45) is 0.812. The molecule has 0 spiro atoms. The van der Waals surface area contributed by atoms with Gasteiger partial charge in [-0.3, -0.25) is 4.79 Å². The fourth-order valence-electron chi connectivity index (χ4n) is 3.75. The number of ether oxygens (including phenoxy) is 1. The van der Waals surface area contributed by atoms with Gasteiger partial charge in [0.15, 0.2) is 5.43 Å². The molecule has 0 atom stereocenters. The van der Waals surface area contributed by atoms with E-state index in [4.69, 9.17) is 9.88 Å². The van der Waals surface area contributed by atoms with Gasteiger partial charge in [-0.1, -0.05) is 30.3 Å². The van der Waals surface area contributed by atoms with E-state index in [1.807, 2.05) is 42.5 Å². The molecule has 2 heterocycles. The SMILES string of the molecule is NS(=O)(=O)c1ccc(-c2sc3ccccc3c(=O)c2-c2ccc3c(c2)CCO3)cc1. The van der Waals surface area contributed by atoms with Crippen LogP contribution in [0.25, 0.3) is 31.7 Å². The molecule has 0 saturated carbocycles. The minimum absolute atomic E-state index is 0.0376. The molecular weight excluding hydrogens is 418 g/mol. The van der Waals surface area contributed by atoms with Gasteiger partial charge in [-0.15, -0.1) is 11.3 Å². The zero-order valence-electron chi connectivity index (χ0n) is 15.8. The fourth-order valence-corrected chi connectivity index (χ4v) is 5.46. The Morgan fingerprint density at radius 3 is 2.43 bits per heavy atom. The van der Waals surface area contributed by atoms with Crippen molar-refractivity contribution in [1.29, 1.82) is 0 Å². The highest BCUT2D eigenvalue weighted by Crippen LogP contribution is 2.39. The summed E-state index contributed by atoms with van der Waals surface area (Å²) in [5, 5.41) is 5.90. The number of sulfonamides is 1. The van der Waals surface area contributed by atoms with Gasteiger partial charge < -0.3 is 4.74 Å². The third-order valence-electron chi connectivity index (χ3n) is 5.22. The van der Waals surface area contributed by atoms with Crippen LogP contribution in [-0.2, 0) is 16.4 Å². The van der Waals surface area contributed by atoms with Crippen LogP contribution in [0.1, 0.15) is 5.56 Å². The van der Waals surface area contributed by atoms with Crippen molar-refractivity contribution >= 4 is 31.4 Å². The Kier molecular flexibility index (Phi) is 4.47. The smallest absolute Gasteiger partial charge is 0.238 e. The molecule has 7 heteroatoms. The van der Waals surface area contributed by atoms with E-state index in [2.05, 4.69) is 0 Å². The molecule has 3 aromatic carbocycles. The van der Waals surface area contributed by atoms with E-state index in [1.165, 1.54) is 23.5 Å². The van der Waals surface area contributed by atoms with Crippen molar-refractivity contribution in [2.75, 3.05) is 6.61 Å². The summed E-state index contributed by atoms with van der Waals surface area (Å²) in [5.41, 5.74) is 3.24. The highest BCUT2D eigenvalue weighted by molar-refractivity contribution is 7.89. The van der Waals surface area contributed by atoms with Crippen molar-refractivity contribution < 1.29 is 13.2 Å². The minimum Gasteiger partial charge on any atom is -0.493 e. The van der Waals surface area contributed by atoms with Crippen LogP contribution in [0.3, 0.4) is 0 Å². The van der Waals surface area contributed by atoms with E-state index in [0.717, 1.165) is 38.4 Å². The first-order chi connectivity index (χ1) is 14.4. The van der Waals surface area contributed by atoms with Crippen LogP contribution in [0.5, 0.6) is 5.75 Å². The summed E-state index contributed by atoms with van der Waals surface area (Å²) in [4.78, 5) is 14.3. The first-order valence-corrected chi connectivity index (χ1v) is 11.7. The van der Waals surface area contributed by atoms with Crippen molar-refractivity contribution in [1.82, 2.24) is 0 Å². The maximum Gasteiger partial charge on any atom is 0.238 e. The van der Waals surface area contributed by atoms with Gasteiger partial charge in [-0.05, 0) is 53.1 Å². The van der Waals surface area contributed by atoms with Crippen molar-refractivity contribution in [2.24, 2.45) is 5.14 Å². The summed E-state index contributed by atoms with van der Waals surface area (Å²) < 4.78 is 29.7. The normalized spacial score (nSPS) is 13.2. The van der Waals surface area contributed by atoms with Gasteiger partial charge in [0.1, 0.15) is 5.75 Å². The van der Waals surface area contributed by atoms with E-state index < -0.39 is 10.0 Å². The van der Waals surface area contributed by atoms with E-state index in [-0.39, 0.29) is 10.3 Å². The second-order valence-electron chi connectivity index (χ2n) is 7.12. The lowest BCUT2D eigenvalue weighted by Gasteiger charge is -2.12. The summed E-state index contributed by atoms with van der Waals surface area (Å²) in [7, 11) is -3.79. The lowest BCUT2D eigenvalue weighted by molar-refractivity contribution is 0.357. The van der Waals surface area contributed by atoms with Crippen molar-refractivity contribution in [3.8, 4) is 27.3 Å². The van der Waals surface area contributed by atoms with Gasteiger partial charge in [-0.25, -0.2) is 13.6 Å². The van der Waals surface area contributed by atoms with Crippen LogP contribution in [0.2, 0.25) is 0 Å². The maximum absolute atomic E-state index is 13.5. The molecule has 0 bridgehead atoms. The van der Waals surface area contributed by atoms with Crippen LogP contribution in [0.4, 0.5) is 0 Å². The van der Waals surface area contributed by atoms with Crippen LogP contribution in [-0.4, -0.2) is 15.0 Å². The summed E-state index contributed by atoms with van der Waals surface area (Å²) >= 11 is 1.51. The Morgan fingerprint density at radius 1 is 0.933 bits per heavy atom. The lowest BCUT2D eigenvalue weighted by Crippen LogP contribution is -2.11. The molecule has 0 aliphatic carbocycles. The standard InChI is InChI=1S/C23H17NO4S2/c24-30(26,27)17-8-5-14(6-9-17)23-21(16-7-10-19-15(13-16)11-12-28-19)22(25)18-3-1-2-4-20(18)29-23/h1-10,13H,11-12H2,(H2,24,26,27). The van der Waals surface area contributed by atoms with Gasteiger partial charge >= 0.3 is 0 Å². The highest BCUT2D eigenvalue weighted by Gasteiger charge is 2.19. The Bertz CT molecular complexity index is 1460. The Hall–Kier alpha value is -3.00. The number of hydrogen-bond donors (Lipinski definition) is 1. The number of fused-ring (bicyclic) bond motifs is 2. The molecule has 30 heavy (non-hydrogen) atoms. The zero-order valence-corrected chi connectivity index (χ0v) is 17.4. The molecule has 1 aliphatic heterocycles. The summed E-state index contributed by atoms with van der Waals surface area (Å²) in [5.74, 6) is 0.856. The van der Waals surface area contributed by atoms with Gasteiger partial charge in [0.05, 0.1) is 11.5 Å². The minimum atomic E-state index is -3.79. The number of primary sulfonamides is 1. The number of benzene rings is 3. The first-order valence-electron chi connectivity index (χ1n) is 9.37. The monoisotopic (exact) mass is 435 g/mol. The van der Waals surface area contributed by atoms with Gasteiger partial charge in [0, 0.05) is 26.9 Å². The molecule has 1 aromatic heterocycles. The Morgan fingerprint density at radius 2 is 1.67 bits per heavy atom. The largest absolute Gasteiger partial charge is 0.493 e. The average Bonchev–Trinajstić information content (AvgIpc) is 3.21. The quantitative estimate of drug-likeness (QED) is 0.523. The molecule has 0 saturated heterocycles. The summed E-state index contributed by atoms with van der Waals surface area (Å²) in [6, 6.07) is 19.7. The van der Waals surface area contributed by atoms with E-state index in [1.54, 1.807) is 12.1 Å². The summed E-state index contributed by atoms with van der Waals surface area (Å²) in [6.45, 7) is 0.644. The number of nitrogens with two attached hydrogens (primary N) is 1. The van der Waals surface area contributed by atoms with Crippen LogP contribution < -0.4 is 15.3 Å². The second kappa shape index (κ2) is 7.05. The topological polar surface area (TPSA) is 86.5 Å². The molecule has 5 nitrogen and oxygen atoms in total. The number of rotatable bonds is 3. The Labute approximate surface area is 177 Å². The highest BCUT2D eigenvalue weighted by atomic mass is 32.2. The van der Waals surface area contributed by atoms with E-state index in [0.29, 0.717) is 17.6 Å². The van der Waals surface area contributed by atoms with Crippen LogP contribution in [0, 0.1) is 0 Å². The molecular formula is C23H17NO4S2. The van der Waals surface area contributed by atoms with Gasteiger partial charge in [0.25, 0.3) is 0 Å². The van der Waals surface area contributed by atoms with Crippen LogP contribution >= 0.6 is 11.3 Å². The third-order valence-corrected chi connectivity index (χ3v) is 7.37. The van der Waals surface area contributed by atoms with Gasteiger partial charge in [-0.2, -0.15) is 0 Å². The van der Waals surface area contributed by atoms with E-state index in [9.17, 15) is 13.2 Å². The first kappa shape index (κ1) is 19.0. The molecule has 1 aliphatic rings. The van der Waals surface area contributed by atoms with Crippen molar-refractivity contribution in [2.45, 2.75) is 11.3 Å². The molecule has 0 fully saturated rings. The molecule has 5 rings (SSSR count). The maximum atomic E-state index is 13.5. The van der Waals surface area contributed by atoms with Crippen LogP contribution in [0.15, 0.2) is 76.4 Å². The molecule has 0 radical (unpaired) electrons. The number of hydrogen-bond acceptors (Lipinski definition) is 5. The average molecular weight is 436 g/mol. The second-order valence-corrected chi connectivity index (χ2v) is 9.74. The molecule has 0 amide bonds. The molecule has 150 valence electrons. The van der Waals surface area contributed by atoms with Gasteiger partial charge in [0.2, 0.25) is 10.0 Å². The van der Waals surface area contributed by atoms with Crippen molar-refractivity contribution in [3.63, 3.8) is 0 Å². The molecule has 0 unspecified atom stereocenters. The lowest BCUT2D eigenvalue weighted by atomic mass is 9.98. The fraction of sp³-hybridized carbons (Fsp3) is 0.0870. The molecule has 2 N–H and O–H groups in total. The molecule has 4 aromatic rings. The zero-order chi connectivity index (χ0) is 20.9. The Balaban J connectivity index is 1.79. The predicted octanol–water partition coefficient (Wildman–Crippen LogP) is 4.18. The predicted molar refractivity (Wildman–Crippen MR) is 120 cm³/mol.